The van der Waals surface area contributed by atoms with Gasteiger partial charge in [0.05, 0.1) is 0 Å². The lowest BCUT2D eigenvalue weighted by atomic mass is 10.1. The number of nitrogens with one attached hydrogen (secondary N) is 1. The molecule has 4 heteroatoms. The highest BCUT2D eigenvalue weighted by molar-refractivity contribution is 5.66. The van der Waals surface area contributed by atoms with Crippen molar-refractivity contribution in [3.05, 3.63) is 35.6 Å². The highest BCUT2D eigenvalue weighted by atomic mass is 19.1. The molecule has 0 fully saturated rings. The molecule has 1 rings (SSSR count). The number of halogens is 1. The van der Waals surface area contributed by atoms with Crippen LogP contribution in [0.2, 0.25) is 0 Å². The molecule has 0 bridgehead atoms. The van der Waals surface area contributed by atoms with Crippen LogP contribution < -0.4 is 5.32 Å². The van der Waals surface area contributed by atoms with E-state index in [2.05, 4.69) is 5.32 Å². The number of hydrogen-bond donors (Lipinski definition) is 2. The third-order valence-corrected chi connectivity index (χ3v) is 2.23. The lowest BCUT2D eigenvalue weighted by Crippen LogP contribution is -2.22. The topological polar surface area (TPSA) is 49.3 Å². The molecule has 0 spiro atoms. The van der Waals surface area contributed by atoms with Crippen molar-refractivity contribution in [1.29, 1.82) is 0 Å². The first-order valence-electron chi connectivity index (χ1n) is 5.25. The highest BCUT2D eigenvalue weighted by Crippen LogP contribution is 2.04. The molecule has 16 heavy (non-hydrogen) atoms. The molecule has 0 heterocycles. The molecule has 1 aromatic rings. The number of carbonyl (C=O) groups is 1. The fourth-order valence-electron chi connectivity index (χ4n) is 1.48. The van der Waals surface area contributed by atoms with E-state index in [1.807, 2.05) is 13.0 Å². The molecular weight excluding hydrogens is 209 g/mol. The summed E-state index contributed by atoms with van der Waals surface area (Å²) in [5, 5.41) is 11.7. The van der Waals surface area contributed by atoms with Crippen LogP contribution in [0.4, 0.5) is 4.39 Å². The first-order valence-corrected chi connectivity index (χ1v) is 5.25. The summed E-state index contributed by atoms with van der Waals surface area (Å²) >= 11 is 0. The van der Waals surface area contributed by atoms with E-state index in [0.717, 1.165) is 5.56 Å². The van der Waals surface area contributed by atoms with Gasteiger partial charge in [0.15, 0.2) is 0 Å². The van der Waals surface area contributed by atoms with E-state index < -0.39 is 5.97 Å². The first kappa shape index (κ1) is 12.6. The van der Waals surface area contributed by atoms with E-state index in [9.17, 15) is 9.18 Å². The Labute approximate surface area is 94.3 Å². The van der Waals surface area contributed by atoms with Crippen LogP contribution in [0.3, 0.4) is 0 Å². The van der Waals surface area contributed by atoms with Gasteiger partial charge in [-0.15, -0.1) is 0 Å². The van der Waals surface area contributed by atoms with E-state index in [0.29, 0.717) is 13.1 Å². The van der Waals surface area contributed by atoms with Crippen molar-refractivity contribution >= 4 is 5.97 Å². The van der Waals surface area contributed by atoms with Gasteiger partial charge in [-0.1, -0.05) is 19.1 Å². The van der Waals surface area contributed by atoms with Crippen molar-refractivity contribution < 1.29 is 14.3 Å². The second-order valence-corrected chi connectivity index (χ2v) is 3.96. The van der Waals surface area contributed by atoms with E-state index in [1.165, 1.54) is 12.1 Å². The van der Waals surface area contributed by atoms with Crippen LogP contribution in [0.1, 0.15) is 18.9 Å². The Hall–Kier alpha value is -1.42. The van der Waals surface area contributed by atoms with Crippen molar-refractivity contribution in [2.45, 2.75) is 19.9 Å². The summed E-state index contributed by atoms with van der Waals surface area (Å²) in [6.07, 6.45) is 0.149. The summed E-state index contributed by atoms with van der Waals surface area (Å²) in [5.74, 6) is -0.969. The van der Waals surface area contributed by atoms with Crippen LogP contribution in [0.5, 0.6) is 0 Å². The molecule has 1 unspecified atom stereocenters. The summed E-state index contributed by atoms with van der Waals surface area (Å²) in [6.45, 7) is 3.04. The van der Waals surface area contributed by atoms with Gasteiger partial charge in [0, 0.05) is 13.0 Å². The van der Waals surface area contributed by atoms with Crippen molar-refractivity contribution in [1.82, 2.24) is 5.32 Å². The van der Waals surface area contributed by atoms with Gasteiger partial charge in [-0.2, -0.15) is 0 Å². The Morgan fingerprint density at radius 3 is 2.94 bits per heavy atom. The molecule has 3 nitrogen and oxygen atoms in total. The summed E-state index contributed by atoms with van der Waals surface area (Å²) in [5.41, 5.74) is 0.863. The van der Waals surface area contributed by atoms with Crippen LogP contribution in [-0.4, -0.2) is 17.6 Å². The monoisotopic (exact) mass is 225 g/mol. The maximum absolute atomic E-state index is 12.8. The average molecular weight is 225 g/mol. The van der Waals surface area contributed by atoms with Crippen LogP contribution in [0.15, 0.2) is 24.3 Å². The van der Waals surface area contributed by atoms with Gasteiger partial charge >= 0.3 is 5.97 Å². The predicted molar refractivity (Wildman–Crippen MR) is 59.5 cm³/mol. The number of rotatable bonds is 6. The molecule has 1 atom stereocenters. The summed E-state index contributed by atoms with van der Waals surface area (Å²) in [4.78, 5) is 10.4. The van der Waals surface area contributed by atoms with Gasteiger partial charge in [0.1, 0.15) is 5.82 Å². The van der Waals surface area contributed by atoms with E-state index >= 15 is 0 Å². The smallest absolute Gasteiger partial charge is 0.303 e. The SMILES string of the molecule is CC(CNCc1cccc(F)c1)CC(=O)O. The Balaban J connectivity index is 2.27. The third kappa shape index (κ3) is 4.89. The second kappa shape index (κ2) is 6.23. The van der Waals surface area contributed by atoms with Gasteiger partial charge < -0.3 is 10.4 Å². The van der Waals surface area contributed by atoms with Gasteiger partial charge in [-0.25, -0.2) is 4.39 Å². The van der Waals surface area contributed by atoms with Crippen molar-refractivity contribution in [3.63, 3.8) is 0 Å². The fraction of sp³-hybridized carbons (Fsp3) is 0.417. The Kier molecular flexibility index (Phi) is 4.92. The van der Waals surface area contributed by atoms with Gasteiger partial charge in [-0.05, 0) is 30.2 Å². The van der Waals surface area contributed by atoms with Crippen LogP contribution in [0, 0.1) is 11.7 Å². The minimum Gasteiger partial charge on any atom is -0.481 e. The zero-order chi connectivity index (χ0) is 12.0. The number of hydrogen-bond acceptors (Lipinski definition) is 2. The average Bonchev–Trinajstić information content (AvgIpc) is 2.16. The molecular formula is C12H16FNO2. The Morgan fingerprint density at radius 1 is 1.56 bits per heavy atom. The van der Waals surface area contributed by atoms with E-state index in [4.69, 9.17) is 5.11 Å². The minimum absolute atomic E-state index is 0.0751. The maximum atomic E-state index is 12.8. The Morgan fingerprint density at radius 2 is 2.31 bits per heavy atom. The summed E-state index contributed by atoms with van der Waals surface area (Å²) in [7, 11) is 0. The number of aliphatic carboxylic acids is 1. The standard InChI is InChI=1S/C12H16FNO2/c1-9(5-12(15)16)7-14-8-10-3-2-4-11(13)6-10/h2-4,6,9,14H,5,7-8H2,1H3,(H,15,16). The molecule has 0 aromatic heterocycles. The largest absolute Gasteiger partial charge is 0.481 e. The molecule has 0 aliphatic carbocycles. The lowest BCUT2D eigenvalue weighted by molar-refractivity contribution is -0.137. The molecule has 1 aromatic carbocycles. The zero-order valence-electron chi connectivity index (χ0n) is 9.24. The summed E-state index contributed by atoms with van der Waals surface area (Å²) < 4.78 is 12.8. The number of carboxylic acids is 1. The molecule has 0 amide bonds. The van der Waals surface area contributed by atoms with Crippen molar-refractivity contribution in [2.24, 2.45) is 5.92 Å². The van der Waals surface area contributed by atoms with E-state index in [1.54, 1.807) is 6.07 Å². The molecule has 0 saturated heterocycles. The molecule has 0 aliphatic rings. The quantitative estimate of drug-likeness (QED) is 0.778. The van der Waals surface area contributed by atoms with Crippen LogP contribution in [-0.2, 0) is 11.3 Å². The minimum atomic E-state index is -0.792. The molecule has 0 aliphatic heterocycles. The fourth-order valence-corrected chi connectivity index (χ4v) is 1.48. The number of carboxylic acid groups (broad SMARTS) is 1. The van der Waals surface area contributed by atoms with Gasteiger partial charge in [-0.3, -0.25) is 4.79 Å². The maximum Gasteiger partial charge on any atom is 0.303 e. The number of benzene rings is 1. The molecule has 2 N–H and O–H groups in total. The molecule has 0 saturated carbocycles. The third-order valence-electron chi connectivity index (χ3n) is 2.23. The Bertz CT molecular complexity index is 355. The summed E-state index contributed by atoms with van der Waals surface area (Å²) in [6, 6.07) is 6.36. The van der Waals surface area contributed by atoms with Crippen molar-refractivity contribution in [2.75, 3.05) is 6.54 Å². The normalized spacial score (nSPS) is 12.4. The van der Waals surface area contributed by atoms with Crippen LogP contribution in [0.25, 0.3) is 0 Å². The lowest BCUT2D eigenvalue weighted by Gasteiger charge is -2.10. The van der Waals surface area contributed by atoms with Crippen molar-refractivity contribution in [3.8, 4) is 0 Å². The highest BCUT2D eigenvalue weighted by Gasteiger charge is 2.06. The zero-order valence-corrected chi connectivity index (χ0v) is 9.24. The second-order valence-electron chi connectivity index (χ2n) is 3.96. The van der Waals surface area contributed by atoms with Gasteiger partial charge in [0.25, 0.3) is 0 Å². The first-order chi connectivity index (χ1) is 7.58. The van der Waals surface area contributed by atoms with E-state index in [-0.39, 0.29) is 18.2 Å². The molecule has 0 radical (unpaired) electrons. The van der Waals surface area contributed by atoms with Crippen LogP contribution >= 0.6 is 0 Å². The molecule has 88 valence electrons. The predicted octanol–water partition coefficient (Wildman–Crippen LogP) is 2.03. The van der Waals surface area contributed by atoms with Gasteiger partial charge in [0.2, 0.25) is 0 Å².